The van der Waals surface area contributed by atoms with E-state index >= 15 is 0 Å². The predicted octanol–water partition coefficient (Wildman–Crippen LogP) is 2.03. The SMILES string of the molecule is COc1cc(Nc2cc(CO)[nH]n2)nc(NC2C[C@H]3CCC[C@@H](C2)N3C(=O)C(F)F)n1. The number of hydrogen-bond acceptors (Lipinski definition) is 8. The molecule has 168 valence electrons. The highest BCUT2D eigenvalue weighted by Gasteiger charge is 2.43. The number of rotatable bonds is 7. The molecule has 4 rings (SSSR count). The van der Waals surface area contributed by atoms with Gasteiger partial charge in [0.05, 0.1) is 19.4 Å². The molecule has 2 bridgehead atoms. The van der Waals surface area contributed by atoms with Gasteiger partial charge in [0.1, 0.15) is 5.82 Å². The first-order chi connectivity index (χ1) is 15.0. The second kappa shape index (κ2) is 9.00. The predicted molar refractivity (Wildman–Crippen MR) is 107 cm³/mol. The summed E-state index contributed by atoms with van der Waals surface area (Å²) < 4.78 is 31.3. The van der Waals surface area contributed by atoms with Gasteiger partial charge in [-0.05, 0) is 32.1 Å². The van der Waals surface area contributed by atoms with Gasteiger partial charge in [-0.15, -0.1) is 0 Å². The Balaban J connectivity index is 1.48. The molecule has 2 aromatic heterocycles. The van der Waals surface area contributed by atoms with Crippen molar-refractivity contribution in [1.82, 2.24) is 25.1 Å². The van der Waals surface area contributed by atoms with Crippen LogP contribution in [0.25, 0.3) is 0 Å². The van der Waals surface area contributed by atoms with Gasteiger partial charge in [-0.2, -0.15) is 23.8 Å². The average Bonchev–Trinajstić information content (AvgIpc) is 3.19. The Kier molecular flexibility index (Phi) is 6.16. The first kappa shape index (κ1) is 21.2. The lowest BCUT2D eigenvalue weighted by molar-refractivity contribution is -0.152. The number of aromatic nitrogens is 4. The van der Waals surface area contributed by atoms with E-state index in [0.29, 0.717) is 54.8 Å². The van der Waals surface area contributed by atoms with Crippen LogP contribution in [0.3, 0.4) is 0 Å². The fourth-order valence-corrected chi connectivity index (χ4v) is 4.45. The number of ether oxygens (including phenoxy) is 1. The minimum atomic E-state index is -2.98. The number of anilines is 3. The standard InChI is InChI=1S/C19H25F2N7O3/c1-31-16-8-14(23-15-7-11(9-29)26-27-15)24-19(25-16)22-10-5-12-3-2-4-13(6-10)28(12)18(30)17(20)21/h7-8,10,12-13,17,29H,2-6,9H2,1H3,(H3,22,23,24,25,26,27)/t10?,12-,13+. The van der Waals surface area contributed by atoms with Crippen molar-refractivity contribution in [3.05, 3.63) is 17.8 Å². The third-order valence-corrected chi connectivity index (χ3v) is 5.72. The molecule has 4 heterocycles. The second-order valence-corrected chi connectivity index (χ2v) is 7.78. The molecule has 3 atom stereocenters. The van der Waals surface area contributed by atoms with Gasteiger partial charge in [0.2, 0.25) is 11.8 Å². The number of H-pyrrole nitrogens is 1. The van der Waals surface area contributed by atoms with Gasteiger partial charge in [0, 0.05) is 30.3 Å². The third-order valence-electron chi connectivity index (χ3n) is 5.72. The summed E-state index contributed by atoms with van der Waals surface area (Å²) in [6.07, 6.45) is 0.487. The van der Waals surface area contributed by atoms with E-state index in [1.807, 2.05) is 0 Å². The Morgan fingerprint density at radius 1 is 1.29 bits per heavy atom. The molecule has 0 spiro atoms. The van der Waals surface area contributed by atoms with E-state index < -0.39 is 12.3 Å². The van der Waals surface area contributed by atoms with Crippen LogP contribution in [-0.2, 0) is 11.4 Å². The fraction of sp³-hybridized carbons (Fsp3) is 0.579. The monoisotopic (exact) mass is 437 g/mol. The molecule has 0 aromatic carbocycles. The minimum absolute atomic E-state index is 0.0525. The molecule has 31 heavy (non-hydrogen) atoms. The van der Waals surface area contributed by atoms with Crippen molar-refractivity contribution in [1.29, 1.82) is 0 Å². The van der Waals surface area contributed by atoms with Gasteiger partial charge in [0.25, 0.3) is 5.91 Å². The number of aliphatic hydroxyl groups excluding tert-OH is 1. The van der Waals surface area contributed by atoms with Crippen molar-refractivity contribution < 1.29 is 23.4 Å². The Hall–Kier alpha value is -3.02. The van der Waals surface area contributed by atoms with Crippen molar-refractivity contribution >= 4 is 23.5 Å². The third kappa shape index (κ3) is 4.68. The molecule has 2 aromatic rings. The highest BCUT2D eigenvalue weighted by Crippen LogP contribution is 2.36. The average molecular weight is 437 g/mol. The van der Waals surface area contributed by atoms with Crippen LogP contribution in [0, 0.1) is 0 Å². The van der Waals surface area contributed by atoms with Crippen LogP contribution in [0.2, 0.25) is 0 Å². The normalized spacial score (nSPS) is 23.0. The van der Waals surface area contributed by atoms with Crippen molar-refractivity contribution in [3.63, 3.8) is 0 Å². The van der Waals surface area contributed by atoms with Gasteiger partial charge in [0.15, 0.2) is 5.82 Å². The smallest absolute Gasteiger partial charge is 0.315 e. The van der Waals surface area contributed by atoms with Gasteiger partial charge in [-0.1, -0.05) is 0 Å². The van der Waals surface area contributed by atoms with Crippen molar-refractivity contribution in [3.8, 4) is 5.88 Å². The number of nitrogens with one attached hydrogen (secondary N) is 3. The number of piperidine rings is 2. The number of carbonyl (C=O) groups is 1. The molecule has 10 nitrogen and oxygen atoms in total. The van der Waals surface area contributed by atoms with Crippen LogP contribution >= 0.6 is 0 Å². The summed E-state index contributed by atoms with van der Waals surface area (Å²) in [7, 11) is 1.49. The highest BCUT2D eigenvalue weighted by atomic mass is 19.3. The highest BCUT2D eigenvalue weighted by molar-refractivity contribution is 5.80. The number of methoxy groups -OCH3 is 1. The molecule has 1 unspecified atom stereocenters. The fourth-order valence-electron chi connectivity index (χ4n) is 4.45. The lowest BCUT2D eigenvalue weighted by atomic mass is 9.81. The molecule has 2 aliphatic rings. The number of aromatic amines is 1. The molecule has 2 aliphatic heterocycles. The molecule has 4 N–H and O–H groups in total. The van der Waals surface area contributed by atoms with Gasteiger partial charge >= 0.3 is 6.43 Å². The molecular formula is C19H25F2N7O3. The zero-order valence-corrected chi connectivity index (χ0v) is 17.0. The summed E-state index contributed by atoms with van der Waals surface area (Å²) in [4.78, 5) is 22.2. The molecule has 0 saturated carbocycles. The zero-order chi connectivity index (χ0) is 22.0. The number of aliphatic hydroxyl groups is 1. The quantitative estimate of drug-likeness (QED) is 0.518. The van der Waals surface area contributed by atoms with E-state index in [9.17, 15) is 13.6 Å². The van der Waals surface area contributed by atoms with E-state index in [0.717, 1.165) is 6.42 Å². The molecular weight excluding hydrogens is 412 g/mol. The van der Waals surface area contributed by atoms with Crippen LogP contribution in [0.4, 0.5) is 26.4 Å². The summed E-state index contributed by atoms with van der Waals surface area (Å²) in [5.41, 5.74) is 0.554. The topological polar surface area (TPSA) is 128 Å². The van der Waals surface area contributed by atoms with Crippen LogP contribution in [-0.4, -0.2) is 67.7 Å². The number of carbonyl (C=O) groups excluding carboxylic acids is 1. The second-order valence-electron chi connectivity index (χ2n) is 7.78. The summed E-state index contributed by atoms with van der Waals surface area (Å²) in [5.74, 6) is 0.512. The van der Waals surface area contributed by atoms with Crippen LogP contribution in [0.5, 0.6) is 5.88 Å². The Morgan fingerprint density at radius 2 is 2.03 bits per heavy atom. The van der Waals surface area contributed by atoms with E-state index in [1.54, 1.807) is 12.1 Å². The molecule has 2 fully saturated rings. The maximum Gasteiger partial charge on any atom is 0.315 e. The van der Waals surface area contributed by atoms with Gasteiger partial charge in [-0.25, -0.2) is 0 Å². The van der Waals surface area contributed by atoms with Crippen molar-refractivity contribution in [2.45, 2.75) is 63.3 Å². The number of nitrogens with zero attached hydrogens (tertiary/aromatic N) is 4. The van der Waals surface area contributed by atoms with Crippen molar-refractivity contribution in [2.24, 2.45) is 0 Å². The Bertz CT molecular complexity index is 912. The van der Waals surface area contributed by atoms with Crippen LogP contribution in [0.1, 0.15) is 37.8 Å². The maximum absolute atomic E-state index is 13.0. The molecule has 1 amide bonds. The Morgan fingerprint density at radius 3 is 2.65 bits per heavy atom. The largest absolute Gasteiger partial charge is 0.481 e. The number of amides is 1. The van der Waals surface area contributed by atoms with E-state index in [4.69, 9.17) is 9.84 Å². The lowest BCUT2D eigenvalue weighted by Gasteiger charge is -2.48. The number of hydrogen-bond donors (Lipinski definition) is 4. The molecule has 0 aliphatic carbocycles. The number of fused-ring (bicyclic) bond motifs is 2. The van der Waals surface area contributed by atoms with Crippen LogP contribution < -0.4 is 15.4 Å². The van der Waals surface area contributed by atoms with E-state index in [2.05, 4.69) is 30.8 Å². The lowest BCUT2D eigenvalue weighted by Crippen LogP contribution is -2.58. The van der Waals surface area contributed by atoms with E-state index in [1.165, 1.54) is 12.0 Å². The van der Waals surface area contributed by atoms with Crippen molar-refractivity contribution in [2.75, 3.05) is 17.7 Å². The van der Waals surface area contributed by atoms with Gasteiger partial charge in [-0.3, -0.25) is 9.89 Å². The minimum Gasteiger partial charge on any atom is -0.481 e. The number of alkyl halides is 2. The van der Waals surface area contributed by atoms with Gasteiger partial charge < -0.3 is 25.4 Å². The Labute approximate surface area is 177 Å². The first-order valence-corrected chi connectivity index (χ1v) is 10.2. The first-order valence-electron chi connectivity index (χ1n) is 10.2. The summed E-state index contributed by atoms with van der Waals surface area (Å²) in [6, 6.07) is 2.78. The molecule has 0 radical (unpaired) electrons. The summed E-state index contributed by atoms with van der Waals surface area (Å²) >= 11 is 0. The summed E-state index contributed by atoms with van der Waals surface area (Å²) in [5, 5.41) is 22.2. The van der Waals surface area contributed by atoms with E-state index in [-0.39, 0.29) is 24.7 Å². The van der Waals surface area contributed by atoms with Crippen LogP contribution in [0.15, 0.2) is 12.1 Å². The summed E-state index contributed by atoms with van der Waals surface area (Å²) in [6.45, 7) is -0.163. The maximum atomic E-state index is 13.0. The molecule has 12 heteroatoms. The number of halogens is 2. The zero-order valence-electron chi connectivity index (χ0n) is 17.0. The molecule has 2 saturated heterocycles.